The van der Waals surface area contributed by atoms with E-state index in [2.05, 4.69) is 11.6 Å². The standard InChI is InChI=1S/C14H19Cl2NS/c1-18-14(6-2-3-7-14)10-17-9-11-4-5-12(15)13(16)8-11/h4-5,8,17H,2-3,6-7,9-10H2,1H3. The van der Waals surface area contributed by atoms with Crippen LogP contribution in [0.2, 0.25) is 10.0 Å². The Bertz CT molecular complexity index is 403. The van der Waals surface area contributed by atoms with Gasteiger partial charge in [0, 0.05) is 17.8 Å². The molecule has 1 aliphatic rings. The van der Waals surface area contributed by atoms with Crippen LogP contribution in [0.15, 0.2) is 18.2 Å². The highest BCUT2D eigenvalue weighted by molar-refractivity contribution is 8.00. The Labute approximate surface area is 124 Å². The lowest BCUT2D eigenvalue weighted by Crippen LogP contribution is -2.34. The minimum absolute atomic E-state index is 0.455. The predicted octanol–water partition coefficient (Wildman–Crippen LogP) is 4.76. The zero-order valence-corrected chi connectivity index (χ0v) is 13.0. The van der Waals surface area contributed by atoms with E-state index in [4.69, 9.17) is 23.2 Å². The fourth-order valence-electron chi connectivity index (χ4n) is 2.56. The van der Waals surface area contributed by atoms with E-state index in [1.165, 1.54) is 31.2 Å². The number of rotatable bonds is 5. The molecule has 0 aliphatic heterocycles. The van der Waals surface area contributed by atoms with Gasteiger partial charge in [-0.3, -0.25) is 0 Å². The third-order valence-electron chi connectivity index (χ3n) is 3.71. The number of benzene rings is 1. The van der Waals surface area contributed by atoms with Crippen molar-refractivity contribution >= 4 is 35.0 Å². The highest BCUT2D eigenvalue weighted by atomic mass is 35.5. The second kappa shape index (κ2) is 6.51. The molecule has 1 aliphatic carbocycles. The Hall–Kier alpha value is 0.110. The van der Waals surface area contributed by atoms with Crippen molar-refractivity contribution in [1.29, 1.82) is 0 Å². The van der Waals surface area contributed by atoms with Crippen LogP contribution in [0.25, 0.3) is 0 Å². The molecular weight excluding hydrogens is 285 g/mol. The lowest BCUT2D eigenvalue weighted by molar-refractivity contribution is 0.534. The van der Waals surface area contributed by atoms with Crippen molar-refractivity contribution in [2.75, 3.05) is 12.8 Å². The molecular formula is C14H19Cl2NS. The van der Waals surface area contributed by atoms with Gasteiger partial charge in [0.25, 0.3) is 0 Å². The van der Waals surface area contributed by atoms with Gasteiger partial charge in [0.15, 0.2) is 0 Å². The summed E-state index contributed by atoms with van der Waals surface area (Å²) in [5.74, 6) is 0. The minimum Gasteiger partial charge on any atom is -0.311 e. The first-order valence-corrected chi connectivity index (χ1v) is 8.33. The fraction of sp³-hybridized carbons (Fsp3) is 0.571. The normalized spacial score (nSPS) is 18.2. The highest BCUT2D eigenvalue weighted by Crippen LogP contribution is 2.39. The molecule has 1 N–H and O–H groups in total. The van der Waals surface area contributed by atoms with E-state index in [-0.39, 0.29) is 0 Å². The van der Waals surface area contributed by atoms with E-state index in [1.807, 2.05) is 30.0 Å². The van der Waals surface area contributed by atoms with Crippen molar-refractivity contribution in [3.05, 3.63) is 33.8 Å². The molecule has 1 fully saturated rings. The van der Waals surface area contributed by atoms with Crippen LogP contribution in [-0.2, 0) is 6.54 Å². The maximum atomic E-state index is 6.01. The number of nitrogens with one attached hydrogen (secondary N) is 1. The predicted molar refractivity (Wildman–Crippen MR) is 82.9 cm³/mol. The minimum atomic E-state index is 0.455. The summed E-state index contributed by atoms with van der Waals surface area (Å²) >= 11 is 13.9. The molecule has 0 atom stereocenters. The summed E-state index contributed by atoms with van der Waals surface area (Å²) in [6.45, 7) is 1.94. The lowest BCUT2D eigenvalue weighted by Gasteiger charge is -2.27. The summed E-state index contributed by atoms with van der Waals surface area (Å²) in [6, 6.07) is 5.83. The van der Waals surface area contributed by atoms with Crippen molar-refractivity contribution in [3.8, 4) is 0 Å². The molecule has 0 heterocycles. The fourth-order valence-corrected chi connectivity index (χ4v) is 3.82. The second-order valence-electron chi connectivity index (χ2n) is 4.95. The molecule has 0 unspecified atom stereocenters. The molecule has 18 heavy (non-hydrogen) atoms. The van der Waals surface area contributed by atoms with Crippen molar-refractivity contribution in [3.63, 3.8) is 0 Å². The number of hydrogen-bond donors (Lipinski definition) is 1. The Balaban J connectivity index is 1.86. The van der Waals surface area contributed by atoms with Crippen molar-refractivity contribution in [1.82, 2.24) is 5.32 Å². The summed E-state index contributed by atoms with van der Waals surface area (Å²) < 4.78 is 0.455. The Kier molecular flexibility index (Phi) is 5.25. The van der Waals surface area contributed by atoms with Gasteiger partial charge in [0.2, 0.25) is 0 Å². The molecule has 1 aromatic carbocycles. The molecule has 0 spiro atoms. The van der Waals surface area contributed by atoms with Crippen LogP contribution in [-0.4, -0.2) is 17.5 Å². The first-order valence-electron chi connectivity index (χ1n) is 6.35. The smallest absolute Gasteiger partial charge is 0.0595 e. The van der Waals surface area contributed by atoms with E-state index in [0.29, 0.717) is 14.8 Å². The van der Waals surface area contributed by atoms with Crippen LogP contribution in [0.4, 0.5) is 0 Å². The molecule has 0 bridgehead atoms. The van der Waals surface area contributed by atoms with E-state index < -0.39 is 0 Å². The number of halogens is 2. The largest absolute Gasteiger partial charge is 0.311 e. The van der Waals surface area contributed by atoms with Gasteiger partial charge in [-0.15, -0.1) is 0 Å². The molecule has 100 valence electrons. The third kappa shape index (κ3) is 3.57. The van der Waals surface area contributed by atoms with E-state index in [0.717, 1.165) is 13.1 Å². The second-order valence-corrected chi connectivity index (χ2v) is 7.03. The highest BCUT2D eigenvalue weighted by Gasteiger charge is 2.32. The Morgan fingerprint density at radius 3 is 2.56 bits per heavy atom. The Morgan fingerprint density at radius 2 is 1.94 bits per heavy atom. The molecule has 2 rings (SSSR count). The average Bonchev–Trinajstić information content (AvgIpc) is 2.83. The van der Waals surface area contributed by atoms with Crippen LogP contribution in [0.5, 0.6) is 0 Å². The van der Waals surface area contributed by atoms with Crippen LogP contribution >= 0.6 is 35.0 Å². The van der Waals surface area contributed by atoms with E-state index >= 15 is 0 Å². The van der Waals surface area contributed by atoms with E-state index in [9.17, 15) is 0 Å². The maximum absolute atomic E-state index is 6.01. The van der Waals surface area contributed by atoms with E-state index in [1.54, 1.807) is 0 Å². The van der Waals surface area contributed by atoms with Gasteiger partial charge in [0.1, 0.15) is 0 Å². The summed E-state index contributed by atoms with van der Waals surface area (Å²) in [5, 5.41) is 4.82. The number of hydrogen-bond acceptors (Lipinski definition) is 2. The van der Waals surface area contributed by atoms with Gasteiger partial charge in [-0.05, 0) is 36.8 Å². The van der Waals surface area contributed by atoms with Crippen molar-refractivity contribution < 1.29 is 0 Å². The van der Waals surface area contributed by atoms with Crippen LogP contribution < -0.4 is 5.32 Å². The van der Waals surface area contributed by atoms with Crippen LogP contribution in [0, 0.1) is 0 Å². The molecule has 0 amide bonds. The van der Waals surface area contributed by atoms with Gasteiger partial charge in [-0.25, -0.2) is 0 Å². The molecule has 1 saturated carbocycles. The molecule has 0 aromatic heterocycles. The van der Waals surface area contributed by atoms with Gasteiger partial charge in [-0.2, -0.15) is 11.8 Å². The van der Waals surface area contributed by atoms with Gasteiger partial charge >= 0.3 is 0 Å². The van der Waals surface area contributed by atoms with Crippen LogP contribution in [0.1, 0.15) is 31.2 Å². The molecule has 0 radical (unpaired) electrons. The topological polar surface area (TPSA) is 12.0 Å². The molecule has 0 saturated heterocycles. The first kappa shape index (κ1) is 14.5. The third-order valence-corrected chi connectivity index (χ3v) is 5.87. The van der Waals surface area contributed by atoms with Crippen LogP contribution in [0.3, 0.4) is 0 Å². The lowest BCUT2D eigenvalue weighted by atomic mass is 10.1. The quantitative estimate of drug-likeness (QED) is 0.842. The maximum Gasteiger partial charge on any atom is 0.0595 e. The monoisotopic (exact) mass is 303 g/mol. The Morgan fingerprint density at radius 1 is 1.22 bits per heavy atom. The summed E-state index contributed by atoms with van der Waals surface area (Å²) in [6.07, 6.45) is 7.64. The van der Waals surface area contributed by atoms with Gasteiger partial charge in [-0.1, -0.05) is 42.1 Å². The average molecular weight is 304 g/mol. The molecule has 4 heteroatoms. The van der Waals surface area contributed by atoms with Crippen molar-refractivity contribution in [2.45, 2.75) is 37.0 Å². The zero-order valence-electron chi connectivity index (χ0n) is 10.6. The summed E-state index contributed by atoms with van der Waals surface area (Å²) in [4.78, 5) is 0. The summed E-state index contributed by atoms with van der Waals surface area (Å²) in [7, 11) is 0. The summed E-state index contributed by atoms with van der Waals surface area (Å²) in [5.41, 5.74) is 1.19. The van der Waals surface area contributed by atoms with Crippen molar-refractivity contribution in [2.24, 2.45) is 0 Å². The molecule has 1 aromatic rings. The van der Waals surface area contributed by atoms with Gasteiger partial charge < -0.3 is 5.32 Å². The first-order chi connectivity index (χ1) is 8.65. The van der Waals surface area contributed by atoms with Gasteiger partial charge in [0.05, 0.1) is 10.0 Å². The SMILES string of the molecule is CSC1(CNCc2ccc(Cl)c(Cl)c2)CCCC1. The molecule has 1 nitrogen and oxygen atoms in total. The zero-order chi connectivity index (χ0) is 13.0. The number of thioether (sulfide) groups is 1.